The second-order valence-corrected chi connectivity index (χ2v) is 19.9. The smallest absolute Gasteiger partial charge is 0.180 e. The van der Waals surface area contributed by atoms with Crippen molar-refractivity contribution >= 4 is 63.2 Å². The van der Waals surface area contributed by atoms with Crippen molar-refractivity contribution in [2.75, 3.05) is 45.2 Å². The normalized spacial score (nSPS) is 29.5. The van der Waals surface area contributed by atoms with Crippen LogP contribution in [-0.2, 0) is 28.6 Å². The van der Waals surface area contributed by atoms with Gasteiger partial charge in [-0.2, -0.15) is 0 Å². The lowest BCUT2D eigenvalue weighted by atomic mass is 10.1. The van der Waals surface area contributed by atoms with Crippen molar-refractivity contribution in [1.29, 1.82) is 0 Å². The minimum absolute atomic E-state index is 0.319. The third-order valence-electron chi connectivity index (χ3n) is 10.2. The maximum absolute atomic E-state index is 5.14. The van der Waals surface area contributed by atoms with Gasteiger partial charge in [0, 0.05) is 82.8 Å². The Morgan fingerprint density at radius 1 is 0.439 bits per heavy atom. The summed E-state index contributed by atoms with van der Waals surface area (Å²) in [5.74, 6) is 5.94. The van der Waals surface area contributed by atoms with Crippen LogP contribution in [0.4, 0.5) is 0 Å². The summed E-state index contributed by atoms with van der Waals surface area (Å²) in [4.78, 5) is 39.0. The van der Waals surface area contributed by atoms with E-state index >= 15 is 0 Å². The van der Waals surface area contributed by atoms with Crippen molar-refractivity contribution in [3.05, 3.63) is 0 Å². The molecule has 9 unspecified atom stereocenters. The molecule has 15 nitrogen and oxygen atoms in total. The highest BCUT2D eigenvalue weighted by Gasteiger charge is 2.13. The number of aliphatic imine (C=N–C) groups is 7. The van der Waals surface area contributed by atoms with Crippen LogP contribution in [0.25, 0.3) is 0 Å². The van der Waals surface area contributed by atoms with Crippen LogP contribution < -0.4 is 0 Å². The monoisotopic (exact) mass is 946 g/mol. The molecule has 0 bridgehead atoms. The second kappa shape index (κ2) is 34.5. The molecular formula is C50H91N9O6S. The molecule has 378 valence electrons. The molecule has 0 amide bonds. The molecule has 16 heteroatoms. The summed E-state index contributed by atoms with van der Waals surface area (Å²) in [6, 6.07) is 2.05. The van der Waals surface area contributed by atoms with E-state index in [9.17, 15) is 0 Å². The lowest BCUT2D eigenvalue weighted by Crippen LogP contribution is -2.18. The average Bonchev–Trinajstić information content (AvgIpc) is 4.14. The first-order valence-corrected chi connectivity index (χ1v) is 25.3. The largest absolute Gasteiger partial charge is 0.481 e. The van der Waals surface area contributed by atoms with Crippen LogP contribution >= 0.6 is 11.8 Å². The Bertz CT molecular complexity index is 1520. The van der Waals surface area contributed by atoms with Crippen LogP contribution in [0.3, 0.4) is 0 Å². The van der Waals surface area contributed by atoms with Gasteiger partial charge in [-0.05, 0) is 121 Å². The molecule has 0 aliphatic carbocycles. The molecule has 9 rings (SSSR count). The first kappa shape index (κ1) is 60.2. The Kier molecular flexibility index (Phi) is 31.4. The van der Waals surface area contributed by atoms with Crippen LogP contribution in [0.1, 0.15) is 170 Å². The van der Waals surface area contributed by atoms with Gasteiger partial charge >= 0.3 is 0 Å². The zero-order chi connectivity index (χ0) is 49.6. The predicted molar refractivity (Wildman–Crippen MR) is 283 cm³/mol. The summed E-state index contributed by atoms with van der Waals surface area (Å²) in [6.07, 6.45) is 8.97. The van der Waals surface area contributed by atoms with E-state index in [1.807, 2.05) is 81.0 Å². The fourth-order valence-corrected chi connectivity index (χ4v) is 7.35. The molecule has 0 saturated heterocycles. The van der Waals surface area contributed by atoms with Gasteiger partial charge in [-0.3, -0.25) is 30.0 Å². The number of oxime groups is 2. The number of thioether (sulfide) groups is 1. The Hall–Kier alpha value is -3.82. The molecule has 0 aromatic heterocycles. The Morgan fingerprint density at radius 2 is 1.03 bits per heavy atom. The van der Waals surface area contributed by atoms with E-state index in [0.717, 1.165) is 106 Å². The quantitative estimate of drug-likeness (QED) is 0.233. The molecule has 9 atom stereocenters. The van der Waals surface area contributed by atoms with Gasteiger partial charge in [0.2, 0.25) is 0 Å². The van der Waals surface area contributed by atoms with E-state index < -0.39 is 0 Å². The zero-order valence-electron chi connectivity index (χ0n) is 44.5. The van der Waals surface area contributed by atoms with Crippen molar-refractivity contribution in [2.24, 2.45) is 57.1 Å². The van der Waals surface area contributed by atoms with Gasteiger partial charge in [-0.25, -0.2) is 4.99 Å². The highest BCUT2D eigenvalue weighted by atomic mass is 32.2. The Morgan fingerprint density at radius 3 is 1.26 bits per heavy atom. The maximum Gasteiger partial charge on any atom is 0.180 e. The van der Waals surface area contributed by atoms with E-state index in [4.69, 9.17) is 28.6 Å². The first-order valence-electron chi connectivity index (χ1n) is 24.3. The standard InChI is InChI=1S/3C6H11NO.2C6H11N.3C5H9NO.C5H9NS/c1-5-3-7-6(2)8-4-5;1-5-3-4-8-6(2)7-5;1-5-3-4-6(2)8-7-5;1-5-3-6(2)7-4-5;1-5-3-4-6(2)7-5;1-4-3-7-5(2)6-4;1-4-3-6-5(2)7-4;1-4-3-5(2)7-6-4;1-4-3-7-5(2)6-4/h2*5H,3-4H2,1-2H3;6H,3-4H2,1-2H3;2*5H,3-4H2,1-2H3;2*4H,3H2,1-2H3;5H,3H2,1-2H3;4H,3H2,1-2H3. The van der Waals surface area contributed by atoms with Crippen molar-refractivity contribution in [2.45, 2.75) is 212 Å². The summed E-state index contributed by atoms with van der Waals surface area (Å²) in [5.41, 5.74) is 4.87. The van der Waals surface area contributed by atoms with Crippen molar-refractivity contribution in [3.8, 4) is 0 Å². The third kappa shape index (κ3) is 32.8. The van der Waals surface area contributed by atoms with Crippen molar-refractivity contribution in [3.63, 3.8) is 0 Å². The first-order chi connectivity index (χ1) is 31.1. The van der Waals surface area contributed by atoms with Crippen molar-refractivity contribution < 1.29 is 28.6 Å². The van der Waals surface area contributed by atoms with Gasteiger partial charge in [0.15, 0.2) is 23.6 Å². The highest BCUT2D eigenvalue weighted by Crippen LogP contribution is 2.16. The zero-order valence-corrected chi connectivity index (χ0v) is 45.3. The molecule has 0 spiro atoms. The molecule has 0 N–H and O–H groups in total. The molecule has 0 radical (unpaired) electrons. The summed E-state index contributed by atoms with van der Waals surface area (Å²) < 4.78 is 20.4. The van der Waals surface area contributed by atoms with E-state index in [2.05, 4.69) is 101 Å². The molecule has 0 fully saturated rings. The van der Waals surface area contributed by atoms with Crippen LogP contribution in [0.2, 0.25) is 0 Å². The average molecular weight is 946 g/mol. The summed E-state index contributed by atoms with van der Waals surface area (Å²) in [6.45, 7) is 42.0. The molecule has 0 aromatic carbocycles. The lowest BCUT2D eigenvalue weighted by molar-refractivity contribution is 0.0568. The van der Waals surface area contributed by atoms with Crippen LogP contribution in [0.15, 0.2) is 45.3 Å². The molecular weight excluding hydrogens is 855 g/mol. The summed E-state index contributed by atoms with van der Waals surface area (Å²) in [7, 11) is 0. The molecule has 9 aliphatic heterocycles. The van der Waals surface area contributed by atoms with Gasteiger partial charge in [0.1, 0.15) is 24.9 Å². The third-order valence-corrected chi connectivity index (χ3v) is 11.4. The molecule has 9 heterocycles. The molecule has 66 heavy (non-hydrogen) atoms. The highest BCUT2D eigenvalue weighted by molar-refractivity contribution is 8.14. The second-order valence-electron chi connectivity index (χ2n) is 18.7. The Balaban J connectivity index is 0.000000371. The van der Waals surface area contributed by atoms with Crippen LogP contribution in [0, 0.1) is 11.8 Å². The number of rotatable bonds is 0. The molecule has 0 saturated carbocycles. The molecule has 9 aliphatic rings. The van der Waals surface area contributed by atoms with Crippen LogP contribution in [-0.4, -0.2) is 139 Å². The number of hydrogen-bond donors (Lipinski definition) is 0. The fourth-order valence-electron chi connectivity index (χ4n) is 6.54. The van der Waals surface area contributed by atoms with E-state index in [1.165, 1.54) is 41.5 Å². The summed E-state index contributed by atoms with van der Waals surface area (Å²) >= 11 is 1.86. The van der Waals surface area contributed by atoms with Gasteiger partial charge in [0.25, 0.3) is 0 Å². The van der Waals surface area contributed by atoms with E-state index in [0.29, 0.717) is 48.4 Å². The fraction of sp³-hybridized carbons (Fsp3) is 0.820. The number of hydrogen-bond acceptors (Lipinski definition) is 16. The van der Waals surface area contributed by atoms with E-state index in [-0.39, 0.29) is 0 Å². The minimum atomic E-state index is 0.319. The molecule has 0 aromatic rings. The van der Waals surface area contributed by atoms with Gasteiger partial charge in [-0.15, -0.1) is 11.8 Å². The predicted octanol–water partition coefficient (Wildman–Crippen LogP) is 11.3. The van der Waals surface area contributed by atoms with Gasteiger partial charge in [0.05, 0.1) is 54.4 Å². The maximum atomic E-state index is 5.14. The number of ether oxygens (including phenoxy) is 4. The Labute approximate surface area is 404 Å². The SMILES string of the molecule is CC1=NC(C)CC1.CC1=NC(C)CCO1.CC1=NC(C)CO1.CC1=NC(C)CS1.CC1=NCC(C)C1.CC1=NCC(C)CO1.CC1=NCC(C)O1.CC1=NOC(C)C1.CC1=NOC(C)CC1. The van der Waals surface area contributed by atoms with Crippen LogP contribution in [0.5, 0.6) is 0 Å². The topological polar surface area (TPSA) is 167 Å². The minimum Gasteiger partial charge on any atom is -0.481 e. The van der Waals surface area contributed by atoms with Gasteiger partial charge in [-0.1, -0.05) is 24.2 Å². The lowest BCUT2D eigenvalue weighted by Gasteiger charge is -2.15. The van der Waals surface area contributed by atoms with E-state index in [1.54, 1.807) is 0 Å². The van der Waals surface area contributed by atoms with Gasteiger partial charge < -0.3 is 28.6 Å². The summed E-state index contributed by atoms with van der Waals surface area (Å²) in [5, 5.41) is 8.80. The van der Waals surface area contributed by atoms with Crippen molar-refractivity contribution in [1.82, 2.24) is 0 Å². The number of nitrogens with zero attached hydrogens (tertiary/aromatic N) is 9.